The van der Waals surface area contributed by atoms with E-state index < -0.39 is 5.60 Å². The highest BCUT2D eigenvalue weighted by molar-refractivity contribution is 6.42. The van der Waals surface area contributed by atoms with Crippen LogP contribution in [-0.2, 0) is 5.60 Å². The van der Waals surface area contributed by atoms with Crippen LogP contribution < -0.4 is 0 Å². The Kier molecular flexibility index (Phi) is 4.54. The second-order valence-electron chi connectivity index (χ2n) is 4.92. The molecule has 0 aromatic heterocycles. The molecule has 1 unspecified atom stereocenters. The van der Waals surface area contributed by atoms with Gasteiger partial charge in [0.15, 0.2) is 0 Å². The fourth-order valence-corrected chi connectivity index (χ4v) is 3.10. The number of rotatable bonds is 2. The summed E-state index contributed by atoms with van der Waals surface area (Å²) in [6.45, 7) is 5.11. The second kappa shape index (κ2) is 5.79. The molecule has 0 amide bonds. The Morgan fingerprint density at radius 3 is 2.78 bits per heavy atom. The summed E-state index contributed by atoms with van der Waals surface area (Å²) in [6, 6.07) is 5.49. The Hall–Kier alpha value is -0.280. The monoisotopic (exact) mass is 287 g/mol. The SMILES string of the molecule is CCN1CCCC(O)(c2cccc(Cl)c2Cl)CC1. The molecule has 2 rings (SSSR count). The van der Waals surface area contributed by atoms with E-state index in [0.29, 0.717) is 16.5 Å². The van der Waals surface area contributed by atoms with Crippen molar-refractivity contribution in [2.45, 2.75) is 31.8 Å². The first kappa shape index (κ1) is 14.1. The fourth-order valence-electron chi connectivity index (χ4n) is 2.62. The van der Waals surface area contributed by atoms with Gasteiger partial charge in [-0.2, -0.15) is 0 Å². The fraction of sp³-hybridized carbons (Fsp3) is 0.571. The van der Waals surface area contributed by atoms with Crippen LogP contribution in [0.3, 0.4) is 0 Å². The number of hydrogen-bond donors (Lipinski definition) is 1. The molecule has 18 heavy (non-hydrogen) atoms. The van der Waals surface area contributed by atoms with Gasteiger partial charge in [0.05, 0.1) is 15.6 Å². The standard InChI is InChI=1S/C14H19Cl2NO/c1-2-17-9-4-7-14(18,8-10-17)11-5-3-6-12(15)13(11)16/h3,5-6,18H,2,4,7-10H2,1H3. The molecule has 4 heteroatoms. The lowest BCUT2D eigenvalue weighted by Crippen LogP contribution is -2.29. The highest BCUT2D eigenvalue weighted by atomic mass is 35.5. The van der Waals surface area contributed by atoms with Gasteiger partial charge in [-0.1, -0.05) is 42.3 Å². The van der Waals surface area contributed by atoms with Crippen LogP contribution in [-0.4, -0.2) is 29.6 Å². The molecule has 1 heterocycles. The number of benzene rings is 1. The van der Waals surface area contributed by atoms with Crippen LogP contribution in [0, 0.1) is 0 Å². The number of likely N-dealkylation sites (tertiary alicyclic amines) is 1. The molecule has 0 bridgehead atoms. The molecular weight excluding hydrogens is 269 g/mol. The van der Waals surface area contributed by atoms with Crippen molar-refractivity contribution in [1.29, 1.82) is 0 Å². The van der Waals surface area contributed by atoms with Crippen molar-refractivity contribution in [2.75, 3.05) is 19.6 Å². The van der Waals surface area contributed by atoms with Crippen LogP contribution in [0.1, 0.15) is 31.7 Å². The maximum Gasteiger partial charge on any atom is 0.0924 e. The predicted octanol–water partition coefficient (Wildman–Crippen LogP) is 3.69. The summed E-state index contributed by atoms with van der Waals surface area (Å²) in [5, 5.41) is 11.9. The average molecular weight is 288 g/mol. The van der Waals surface area contributed by atoms with Crippen LogP contribution in [0.4, 0.5) is 0 Å². The lowest BCUT2D eigenvalue weighted by Gasteiger charge is -2.28. The Labute approximate surface area is 119 Å². The van der Waals surface area contributed by atoms with Gasteiger partial charge in [-0.25, -0.2) is 0 Å². The summed E-state index contributed by atoms with van der Waals surface area (Å²) in [4.78, 5) is 2.36. The molecule has 0 aliphatic carbocycles. The van der Waals surface area contributed by atoms with Gasteiger partial charge in [0.1, 0.15) is 0 Å². The van der Waals surface area contributed by atoms with E-state index in [0.717, 1.165) is 38.0 Å². The minimum Gasteiger partial charge on any atom is -0.385 e. The molecule has 1 aliphatic heterocycles. The number of aliphatic hydroxyl groups is 1. The van der Waals surface area contributed by atoms with Crippen molar-refractivity contribution in [3.05, 3.63) is 33.8 Å². The quantitative estimate of drug-likeness (QED) is 0.897. The lowest BCUT2D eigenvalue weighted by atomic mass is 9.87. The van der Waals surface area contributed by atoms with Gasteiger partial charge in [-0.15, -0.1) is 0 Å². The van der Waals surface area contributed by atoms with Crippen molar-refractivity contribution in [3.8, 4) is 0 Å². The van der Waals surface area contributed by atoms with E-state index >= 15 is 0 Å². The van der Waals surface area contributed by atoms with E-state index in [1.54, 1.807) is 6.07 Å². The van der Waals surface area contributed by atoms with Gasteiger partial charge in [0.2, 0.25) is 0 Å². The molecule has 1 saturated heterocycles. The summed E-state index contributed by atoms with van der Waals surface area (Å²) >= 11 is 12.3. The number of nitrogens with zero attached hydrogens (tertiary/aromatic N) is 1. The third kappa shape index (κ3) is 2.83. The van der Waals surface area contributed by atoms with Crippen molar-refractivity contribution in [1.82, 2.24) is 4.90 Å². The van der Waals surface area contributed by atoms with Crippen molar-refractivity contribution < 1.29 is 5.11 Å². The highest BCUT2D eigenvalue weighted by Crippen LogP contribution is 2.39. The molecule has 0 saturated carbocycles. The van der Waals surface area contributed by atoms with E-state index in [2.05, 4.69) is 11.8 Å². The predicted molar refractivity (Wildman–Crippen MR) is 76.3 cm³/mol. The summed E-state index contributed by atoms with van der Waals surface area (Å²) in [6.07, 6.45) is 2.43. The van der Waals surface area contributed by atoms with Crippen molar-refractivity contribution >= 4 is 23.2 Å². The molecule has 1 atom stereocenters. The topological polar surface area (TPSA) is 23.5 Å². The molecule has 2 nitrogen and oxygen atoms in total. The molecular formula is C14H19Cl2NO. The third-order valence-electron chi connectivity index (χ3n) is 3.81. The van der Waals surface area contributed by atoms with E-state index in [9.17, 15) is 5.11 Å². The molecule has 1 N–H and O–H groups in total. The summed E-state index contributed by atoms with van der Waals surface area (Å²) in [7, 11) is 0. The van der Waals surface area contributed by atoms with Crippen LogP contribution in [0.2, 0.25) is 10.0 Å². The summed E-state index contributed by atoms with van der Waals surface area (Å²) in [5.74, 6) is 0. The van der Waals surface area contributed by atoms with E-state index in [-0.39, 0.29) is 0 Å². The first-order valence-electron chi connectivity index (χ1n) is 6.46. The normalized spacial score (nSPS) is 26.0. The largest absolute Gasteiger partial charge is 0.385 e. The smallest absolute Gasteiger partial charge is 0.0924 e. The Balaban J connectivity index is 2.27. The Bertz CT molecular complexity index is 424. The van der Waals surface area contributed by atoms with E-state index in [4.69, 9.17) is 23.2 Å². The maximum atomic E-state index is 10.9. The maximum absolute atomic E-state index is 10.9. The van der Waals surface area contributed by atoms with Gasteiger partial charge >= 0.3 is 0 Å². The highest BCUT2D eigenvalue weighted by Gasteiger charge is 2.33. The van der Waals surface area contributed by atoms with Crippen LogP contribution >= 0.6 is 23.2 Å². The summed E-state index contributed by atoms with van der Waals surface area (Å²) in [5.41, 5.74) is -0.0686. The minimum absolute atomic E-state index is 0.492. The zero-order chi connectivity index (χ0) is 13.2. The van der Waals surface area contributed by atoms with Gasteiger partial charge in [0.25, 0.3) is 0 Å². The first-order chi connectivity index (χ1) is 8.57. The van der Waals surface area contributed by atoms with Crippen LogP contribution in [0.25, 0.3) is 0 Å². The molecule has 1 aromatic carbocycles. The molecule has 1 aromatic rings. The van der Waals surface area contributed by atoms with Gasteiger partial charge in [-0.05, 0) is 38.4 Å². The minimum atomic E-state index is -0.841. The number of halogens is 2. The molecule has 0 radical (unpaired) electrons. The van der Waals surface area contributed by atoms with Gasteiger partial charge < -0.3 is 10.0 Å². The third-order valence-corrected chi connectivity index (χ3v) is 4.63. The zero-order valence-corrected chi connectivity index (χ0v) is 12.1. The summed E-state index contributed by atoms with van der Waals surface area (Å²) < 4.78 is 0. The molecule has 100 valence electrons. The van der Waals surface area contributed by atoms with Crippen LogP contribution in [0.5, 0.6) is 0 Å². The van der Waals surface area contributed by atoms with Crippen molar-refractivity contribution in [2.24, 2.45) is 0 Å². The van der Waals surface area contributed by atoms with Gasteiger partial charge in [-0.3, -0.25) is 0 Å². The van der Waals surface area contributed by atoms with E-state index in [1.165, 1.54) is 0 Å². The van der Waals surface area contributed by atoms with Gasteiger partial charge in [0, 0.05) is 12.1 Å². The second-order valence-corrected chi connectivity index (χ2v) is 5.71. The first-order valence-corrected chi connectivity index (χ1v) is 7.21. The number of hydrogen-bond acceptors (Lipinski definition) is 2. The van der Waals surface area contributed by atoms with E-state index in [1.807, 2.05) is 12.1 Å². The molecule has 0 spiro atoms. The lowest BCUT2D eigenvalue weighted by molar-refractivity contribution is 0.0215. The molecule has 1 fully saturated rings. The average Bonchev–Trinajstić information content (AvgIpc) is 2.55. The van der Waals surface area contributed by atoms with Crippen molar-refractivity contribution in [3.63, 3.8) is 0 Å². The Morgan fingerprint density at radius 2 is 2.06 bits per heavy atom. The molecule has 1 aliphatic rings. The Morgan fingerprint density at radius 1 is 1.28 bits per heavy atom. The zero-order valence-electron chi connectivity index (χ0n) is 10.6. The van der Waals surface area contributed by atoms with Crippen LogP contribution in [0.15, 0.2) is 18.2 Å².